The summed E-state index contributed by atoms with van der Waals surface area (Å²) in [7, 11) is 0. The van der Waals surface area contributed by atoms with E-state index in [1.54, 1.807) is 0 Å². The van der Waals surface area contributed by atoms with Crippen LogP contribution in [0, 0.1) is 35.5 Å². The van der Waals surface area contributed by atoms with Gasteiger partial charge in [-0.25, -0.2) is 0 Å². The molecule has 0 amide bonds. The zero-order valence-electron chi connectivity index (χ0n) is 19.4. The Labute approximate surface area is 185 Å². The van der Waals surface area contributed by atoms with E-state index >= 15 is 0 Å². The summed E-state index contributed by atoms with van der Waals surface area (Å²) in [6.45, 7) is 5.22. The molecule has 1 aromatic carbocycles. The molecule has 0 bridgehead atoms. The third kappa shape index (κ3) is 7.54. The van der Waals surface area contributed by atoms with Gasteiger partial charge in [0.25, 0.3) is 0 Å². The van der Waals surface area contributed by atoms with Crippen molar-refractivity contribution in [2.75, 3.05) is 6.61 Å². The molecule has 1 nitrogen and oxygen atoms in total. The first kappa shape index (κ1) is 23.0. The molecule has 1 aromatic rings. The summed E-state index contributed by atoms with van der Waals surface area (Å²) < 4.78 is 5.63. The maximum absolute atomic E-state index is 5.63. The van der Waals surface area contributed by atoms with Crippen molar-refractivity contribution < 1.29 is 4.74 Å². The lowest BCUT2D eigenvalue weighted by Gasteiger charge is -2.37. The molecule has 0 unspecified atom stereocenters. The van der Waals surface area contributed by atoms with Crippen molar-refractivity contribution in [3.05, 3.63) is 42.0 Å². The van der Waals surface area contributed by atoms with Gasteiger partial charge >= 0.3 is 0 Å². The second kappa shape index (κ2) is 12.9. The van der Waals surface area contributed by atoms with Gasteiger partial charge in [-0.1, -0.05) is 63.9 Å². The quantitative estimate of drug-likeness (QED) is 0.395. The van der Waals surface area contributed by atoms with Crippen LogP contribution >= 0.6 is 0 Å². The first-order chi connectivity index (χ1) is 14.8. The average molecular weight is 407 g/mol. The first-order valence-electron chi connectivity index (χ1n) is 12.7. The van der Waals surface area contributed by atoms with E-state index in [1.807, 2.05) is 24.3 Å². The number of unbranched alkanes of at least 4 members (excludes halogenated alkanes) is 1. The van der Waals surface area contributed by atoms with Crippen molar-refractivity contribution in [1.82, 2.24) is 0 Å². The summed E-state index contributed by atoms with van der Waals surface area (Å²) in [5.41, 5.74) is 1.06. The van der Waals surface area contributed by atoms with E-state index in [0.29, 0.717) is 0 Å². The summed E-state index contributed by atoms with van der Waals surface area (Å²) in [5, 5.41) is 0. The summed E-state index contributed by atoms with van der Waals surface area (Å²) >= 11 is 0. The van der Waals surface area contributed by atoms with Crippen molar-refractivity contribution in [3.8, 4) is 17.6 Å². The van der Waals surface area contributed by atoms with E-state index in [4.69, 9.17) is 4.74 Å². The fraction of sp³-hybridized carbons (Fsp3) is 0.655. The number of benzene rings is 1. The van der Waals surface area contributed by atoms with Crippen molar-refractivity contribution in [2.24, 2.45) is 23.7 Å². The smallest absolute Gasteiger partial charge is 0.119 e. The number of rotatable bonds is 8. The van der Waals surface area contributed by atoms with Gasteiger partial charge in [0.15, 0.2) is 0 Å². The molecule has 0 saturated heterocycles. The van der Waals surface area contributed by atoms with E-state index in [-0.39, 0.29) is 0 Å². The Morgan fingerprint density at radius 3 is 2.17 bits per heavy atom. The van der Waals surface area contributed by atoms with Crippen LogP contribution in [0.5, 0.6) is 5.75 Å². The van der Waals surface area contributed by atoms with Crippen LogP contribution in [0.1, 0.15) is 96.5 Å². The Morgan fingerprint density at radius 2 is 1.53 bits per heavy atom. The predicted molar refractivity (Wildman–Crippen MR) is 129 cm³/mol. The van der Waals surface area contributed by atoms with E-state index in [9.17, 15) is 0 Å². The summed E-state index contributed by atoms with van der Waals surface area (Å²) in [5.74, 6) is 11.2. The highest BCUT2D eigenvalue weighted by atomic mass is 16.5. The van der Waals surface area contributed by atoms with Crippen LogP contribution in [0.4, 0.5) is 0 Å². The zero-order valence-corrected chi connectivity index (χ0v) is 19.4. The molecule has 0 N–H and O–H groups in total. The lowest BCUT2D eigenvalue weighted by Crippen LogP contribution is -2.25. The van der Waals surface area contributed by atoms with Gasteiger partial charge in [-0.3, -0.25) is 0 Å². The van der Waals surface area contributed by atoms with E-state index < -0.39 is 0 Å². The predicted octanol–water partition coefficient (Wildman–Crippen LogP) is 8.19. The molecule has 2 aliphatic carbocycles. The summed E-state index contributed by atoms with van der Waals surface area (Å²) in [6.07, 6.45) is 21.4. The molecule has 30 heavy (non-hydrogen) atoms. The molecule has 164 valence electrons. The number of allylic oxidation sites excluding steroid dienone is 2. The third-order valence-electron chi connectivity index (χ3n) is 7.34. The third-order valence-corrected chi connectivity index (χ3v) is 7.34. The van der Waals surface area contributed by atoms with Gasteiger partial charge in [0.1, 0.15) is 5.75 Å². The second-order valence-electron chi connectivity index (χ2n) is 9.60. The van der Waals surface area contributed by atoms with Crippen molar-refractivity contribution in [1.29, 1.82) is 0 Å². The van der Waals surface area contributed by atoms with Crippen molar-refractivity contribution in [3.63, 3.8) is 0 Å². The standard InChI is InChI=1S/C29H42O/c1-3-5-8-24-11-17-27(18-12-24)28-19-13-25(14-20-28)9-6-7-10-26-15-21-29(22-16-26)30-23-4-2/h6,9,15-16,21-22,24-25,27-28H,3-5,8,11-14,17-20,23H2,1-2H3/t24-,25-,27-,28-. The topological polar surface area (TPSA) is 9.23 Å². The number of ether oxygens (including phenoxy) is 1. The van der Waals surface area contributed by atoms with Crippen LogP contribution in [0.2, 0.25) is 0 Å². The molecular weight excluding hydrogens is 364 g/mol. The Hall–Kier alpha value is -1.68. The minimum absolute atomic E-state index is 0.737. The molecular formula is C29H42O. The van der Waals surface area contributed by atoms with Gasteiger partial charge in [0.2, 0.25) is 0 Å². The number of hydrogen-bond donors (Lipinski definition) is 0. The largest absolute Gasteiger partial charge is 0.494 e. The van der Waals surface area contributed by atoms with Crippen LogP contribution in [0.3, 0.4) is 0 Å². The minimum atomic E-state index is 0.737. The SMILES string of the molecule is CCCC[C@H]1CC[C@H]([C@H]2CC[C@H](C=CC#Cc3ccc(OCCC)cc3)CC2)CC1. The molecule has 0 aliphatic heterocycles. The Morgan fingerprint density at radius 1 is 0.867 bits per heavy atom. The molecule has 2 fully saturated rings. The van der Waals surface area contributed by atoms with E-state index in [1.165, 1.54) is 70.6 Å². The molecule has 2 saturated carbocycles. The molecule has 0 atom stereocenters. The highest BCUT2D eigenvalue weighted by Crippen LogP contribution is 2.42. The Balaban J connectivity index is 1.36. The minimum Gasteiger partial charge on any atom is -0.494 e. The van der Waals surface area contributed by atoms with Gasteiger partial charge in [-0.15, -0.1) is 0 Å². The maximum atomic E-state index is 5.63. The van der Waals surface area contributed by atoms with Crippen LogP contribution in [-0.2, 0) is 0 Å². The van der Waals surface area contributed by atoms with Crippen LogP contribution in [-0.4, -0.2) is 6.61 Å². The zero-order chi connectivity index (χ0) is 21.0. The van der Waals surface area contributed by atoms with Crippen molar-refractivity contribution in [2.45, 2.75) is 90.9 Å². The van der Waals surface area contributed by atoms with Gasteiger partial charge in [0, 0.05) is 5.56 Å². The first-order valence-corrected chi connectivity index (χ1v) is 12.7. The Bertz CT molecular complexity index is 673. The van der Waals surface area contributed by atoms with Crippen LogP contribution < -0.4 is 4.74 Å². The van der Waals surface area contributed by atoms with E-state index in [2.05, 4.69) is 37.8 Å². The maximum Gasteiger partial charge on any atom is 0.119 e. The lowest BCUT2D eigenvalue weighted by atomic mass is 9.68. The highest BCUT2D eigenvalue weighted by Gasteiger charge is 2.30. The summed E-state index contributed by atoms with van der Waals surface area (Å²) in [4.78, 5) is 0. The molecule has 0 spiro atoms. The molecule has 0 aromatic heterocycles. The van der Waals surface area contributed by atoms with Gasteiger partial charge < -0.3 is 4.74 Å². The fourth-order valence-corrected chi connectivity index (χ4v) is 5.41. The molecule has 3 rings (SSSR count). The molecule has 0 heterocycles. The van der Waals surface area contributed by atoms with Crippen molar-refractivity contribution >= 4 is 0 Å². The monoisotopic (exact) mass is 406 g/mol. The average Bonchev–Trinajstić information content (AvgIpc) is 2.81. The van der Waals surface area contributed by atoms with E-state index in [0.717, 1.165) is 48.0 Å². The normalized spacial score (nSPS) is 26.9. The van der Waals surface area contributed by atoms with Gasteiger partial charge in [-0.2, -0.15) is 0 Å². The summed E-state index contributed by atoms with van der Waals surface area (Å²) in [6, 6.07) is 8.13. The van der Waals surface area contributed by atoms with Gasteiger partial charge in [0.05, 0.1) is 6.61 Å². The molecule has 0 radical (unpaired) electrons. The van der Waals surface area contributed by atoms with Crippen LogP contribution in [0.15, 0.2) is 36.4 Å². The van der Waals surface area contributed by atoms with Gasteiger partial charge in [-0.05, 0) is 99.0 Å². The highest BCUT2D eigenvalue weighted by molar-refractivity contribution is 5.40. The molecule has 1 heteroatoms. The van der Waals surface area contributed by atoms with Crippen LogP contribution in [0.25, 0.3) is 0 Å². The second-order valence-corrected chi connectivity index (χ2v) is 9.60. The Kier molecular flexibility index (Phi) is 9.88. The lowest BCUT2D eigenvalue weighted by molar-refractivity contribution is 0.152. The fourth-order valence-electron chi connectivity index (χ4n) is 5.41. The number of hydrogen-bond acceptors (Lipinski definition) is 1. The molecule has 2 aliphatic rings.